The molecule has 1 unspecified atom stereocenters. The molecule has 0 aliphatic rings. The molecule has 0 aliphatic carbocycles. The number of allylic oxidation sites excluding steroid dienone is 6. The molecule has 0 rings (SSSR count). The van der Waals surface area contributed by atoms with Gasteiger partial charge in [-0.1, -0.05) is 73.1 Å². The Kier molecular flexibility index (Phi) is 32.9. The fourth-order valence-corrected chi connectivity index (χ4v) is 3.58. The minimum absolute atomic E-state index is 0.660. The van der Waals surface area contributed by atoms with E-state index in [2.05, 4.69) is 49.7 Å². The van der Waals surface area contributed by atoms with Crippen molar-refractivity contribution >= 4 is 23.4 Å². The number of hydrogen-bond donors (Lipinski definition) is 0. The van der Waals surface area contributed by atoms with E-state index >= 15 is 0 Å². The molecule has 5 heteroatoms. The Hall–Kier alpha value is -1.49. The van der Waals surface area contributed by atoms with E-state index < -0.39 is 11.0 Å². The van der Waals surface area contributed by atoms with E-state index in [9.17, 15) is 4.21 Å². The highest BCUT2D eigenvalue weighted by Gasteiger charge is 2.13. The molecule has 178 valence electrons. The number of hydrazone groups is 1. The van der Waals surface area contributed by atoms with Crippen molar-refractivity contribution in [3.05, 3.63) is 35.1 Å². The predicted molar refractivity (Wildman–Crippen MR) is 143 cm³/mol. The molecule has 0 heterocycles. The first-order chi connectivity index (χ1) is 14.4. The maximum atomic E-state index is 12.0. The van der Waals surface area contributed by atoms with Gasteiger partial charge in [0.1, 0.15) is 11.0 Å². The van der Waals surface area contributed by atoms with Gasteiger partial charge in [0.2, 0.25) is 0 Å². The monoisotopic (exact) mass is 441 g/mol. The Morgan fingerprint density at radius 1 is 1.03 bits per heavy atom. The van der Waals surface area contributed by atoms with Crippen LogP contribution < -0.4 is 0 Å². The van der Waals surface area contributed by atoms with E-state index in [4.69, 9.17) is 0 Å². The summed E-state index contributed by atoms with van der Waals surface area (Å²) in [5, 5.41) is 3.88. The zero-order valence-corrected chi connectivity index (χ0v) is 22.9. The fourth-order valence-electron chi connectivity index (χ4n) is 2.31. The van der Waals surface area contributed by atoms with Crippen molar-refractivity contribution in [1.82, 2.24) is 4.41 Å². The van der Waals surface area contributed by atoms with Crippen LogP contribution in [-0.2, 0) is 11.0 Å². The molecular formula is C25H51N3OS. The van der Waals surface area contributed by atoms with Crippen LogP contribution in [0.2, 0.25) is 0 Å². The molecule has 0 radical (unpaired) electrons. The second-order valence-electron chi connectivity index (χ2n) is 5.74. The Bertz CT molecular complexity index is 541. The molecule has 30 heavy (non-hydrogen) atoms. The number of rotatable bonds is 10. The molecule has 0 spiro atoms. The third kappa shape index (κ3) is 17.4. The Balaban J connectivity index is -0.000000207. The molecule has 0 amide bonds. The predicted octanol–water partition coefficient (Wildman–Crippen LogP) is 8.11. The van der Waals surface area contributed by atoms with E-state index in [1.54, 1.807) is 4.41 Å². The van der Waals surface area contributed by atoms with E-state index in [-0.39, 0.29) is 0 Å². The van der Waals surface area contributed by atoms with Crippen LogP contribution in [-0.4, -0.2) is 33.9 Å². The van der Waals surface area contributed by atoms with Crippen molar-refractivity contribution in [1.29, 1.82) is 0 Å². The topological polar surface area (TPSA) is 45.0 Å². The lowest BCUT2D eigenvalue weighted by atomic mass is 10.1. The summed E-state index contributed by atoms with van der Waals surface area (Å²) < 4.78 is 13.5. The maximum Gasteiger partial charge on any atom is 0.140 e. The highest BCUT2D eigenvalue weighted by Crippen LogP contribution is 2.18. The normalized spacial score (nSPS) is 11.7. The second-order valence-corrected chi connectivity index (χ2v) is 7.14. The number of unbranched alkanes of at least 4 members (excludes halogenated alkanes) is 1. The molecule has 0 bridgehead atoms. The van der Waals surface area contributed by atoms with Crippen molar-refractivity contribution < 1.29 is 4.21 Å². The first-order valence-electron chi connectivity index (χ1n) is 11.4. The summed E-state index contributed by atoms with van der Waals surface area (Å²) in [5.74, 6) is 0.660. The van der Waals surface area contributed by atoms with Gasteiger partial charge in [0, 0.05) is 30.9 Å². The summed E-state index contributed by atoms with van der Waals surface area (Å²) in [4.78, 5) is 4.08. The average molecular weight is 442 g/mol. The smallest absolute Gasteiger partial charge is 0.140 e. The van der Waals surface area contributed by atoms with Crippen LogP contribution in [0.4, 0.5) is 0 Å². The summed E-state index contributed by atoms with van der Waals surface area (Å²) in [6.45, 7) is 25.8. The van der Waals surface area contributed by atoms with Crippen LogP contribution in [0.1, 0.15) is 102 Å². The van der Waals surface area contributed by atoms with Crippen molar-refractivity contribution in [3.63, 3.8) is 0 Å². The average Bonchev–Trinajstić information content (AvgIpc) is 2.79. The van der Waals surface area contributed by atoms with Crippen LogP contribution in [0.5, 0.6) is 0 Å². The van der Waals surface area contributed by atoms with Crippen LogP contribution >= 0.6 is 0 Å². The van der Waals surface area contributed by atoms with Gasteiger partial charge in [0.05, 0.1) is 0 Å². The van der Waals surface area contributed by atoms with Gasteiger partial charge in [-0.05, 0) is 58.1 Å². The quantitative estimate of drug-likeness (QED) is 0.192. The Morgan fingerprint density at radius 2 is 1.53 bits per heavy atom. The molecule has 4 nitrogen and oxygen atoms in total. The van der Waals surface area contributed by atoms with Gasteiger partial charge in [-0.15, -0.1) is 0 Å². The Morgan fingerprint density at radius 3 is 1.83 bits per heavy atom. The lowest BCUT2D eigenvalue weighted by Gasteiger charge is -2.20. The molecule has 0 aromatic rings. The summed E-state index contributed by atoms with van der Waals surface area (Å²) in [5.41, 5.74) is 4.57. The van der Waals surface area contributed by atoms with E-state index in [1.807, 2.05) is 68.5 Å². The minimum Gasteiger partial charge on any atom is -0.293 e. The third-order valence-electron chi connectivity index (χ3n) is 4.06. The molecule has 0 saturated carbocycles. The fraction of sp³-hybridized carbons (Fsp3) is 0.680. The van der Waals surface area contributed by atoms with Gasteiger partial charge in [-0.25, -0.2) is 4.21 Å². The zero-order chi connectivity index (χ0) is 24.5. The van der Waals surface area contributed by atoms with Crippen LogP contribution in [0.15, 0.2) is 45.2 Å². The standard InChI is InChI=1S/C12H24N2OS.C9H15N.2C2H6/c1-6-9-10-16(15)14(13-5)11(4)12(7-2)8-3;1-5-7-9(6-2)8(3)10-4;2*1-2/h5-10H2,1-4H3;5-7H,1-4H3;2*1-2H3/b;7-5-,9-6-,10-8?;;. The lowest BCUT2D eigenvalue weighted by molar-refractivity contribution is 0.550. The first-order valence-corrected chi connectivity index (χ1v) is 12.7. The molecule has 1 atom stereocenters. The Labute approximate surface area is 191 Å². The minimum atomic E-state index is -1.07. The van der Waals surface area contributed by atoms with Crippen molar-refractivity contribution in [3.8, 4) is 0 Å². The summed E-state index contributed by atoms with van der Waals surface area (Å²) in [7, 11) is 0.743. The van der Waals surface area contributed by atoms with Gasteiger partial charge in [-0.3, -0.25) is 4.99 Å². The van der Waals surface area contributed by atoms with Crippen LogP contribution in [0.25, 0.3) is 0 Å². The maximum absolute atomic E-state index is 12.0. The molecule has 0 aliphatic heterocycles. The third-order valence-corrected chi connectivity index (χ3v) is 5.47. The molecule has 0 aromatic carbocycles. The highest BCUT2D eigenvalue weighted by atomic mass is 32.2. The number of hydrogen-bond acceptors (Lipinski definition) is 3. The zero-order valence-electron chi connectivity index (χ0n) is 22.1. The van der Waals surface area contributed by atoms with E-state index in [0.717, 1.165) is 37.1 Å². The van der Waals surface area contributed by atoms with Gasteiger partial charge in [0.15, 0.2) is 0 Å². The van der Waals surface area contributed by atoms with Crippen LogP contribution in [0, 0.1) is 0 Å². The van der Waals surface area contributed by atoms with Crippen molar-refractivity contribution in [2.45, 2.75) is 102 Å². The van der Waals surface area contributed by atoms with Gasteiger partial charge >= 0.3 is 0 Å². The number of aliphatic imine (C=N–C) groups is 1. The van der Waals surface area contributed by atoms with Gasteiger partial charge in [0.25, 0.3) is 0 Å². The SMILES string of the molecule is C/C=C\C(=C\C)C(C)=NC.C=NN(C(C)=C(CC)CC)S(=O)CCCC.CC.CC. The molecule has 0 fully saturated rings. The van der Waals surface area contributed by atoms with Crippen LogP contribution in [0.3, 0.4) is 0 Å². The highest BCUT2D eigenvalue weighted by molar-refractivity contribution is 7.82. The first kappa shape index (κ1) is 35.9. The lowest BCUT2D eigenvalue weighted by Crippen LogP contribution is -2.21. The summed E-state index contributed by atoms with van der Waals surface area (Å²) in [6.07, 6.45) is 10.1. The van der Waals surface area contributed by atoms with E-state index in [1.165, 1.54) is 11.1 Å². The van der Waals surface area contributed by atoms with E-state index in [0.29, 0.717) is 5.75 Å². The molecule has 0 N–H and O–H groups in total. The van der Waals surface area contributed by atoms with Crippen molar-refractivity contribution in [2.24, 2.45) is 10.1 Å². The number of nitrogens with zero attached hydrogens (tertiary/aromatic N) is 3. The molecule has 0 aromatic heterocycles. The summed E-state index contributed by atoms with van der Waals surface area (Å²) in [6, 6.07) is 0. The molecule has 0 saturated heterocycles. The second kappa shape index (κ2) is 27.5. The largest absolute Gasteiger partial charge is 0.293 e. The van der Waals surface area contributed by atoms with Gasteiger partial charge < -0.3 is 0 Å². The van der Waals surface area contributed by atoms with Gasteiger partial charge in [-0.2, -0.15) is 9.52 Å². The molecular weight excluding hydrogens is 390 g/mol. The summed E-state index contributed by atoms with van der Waals surface area (Å²) >= 11 is 0. The van der Waals surface area contributed by atoms with Crippen molar-refractivity contribution in [2.75, 3.05) is 12.8 Å².